The third kappa shape index (κ3) is 6.84. The Hall–Kier alpha value is -2.83. The predicted molar refractivity (Wildman–Crippen MR) is 128 cm³/mol. The number of hydrogen-bond acceptors (Lipinski definition) is 3. The van der Waals surface area contributed by atoms with Crippen LogP contribution in [0.15, 0.2) is 59.7 Å². The van der Waals surface area contributed by atoms with Crippen LogP contribution in [0.1, 0.15) is 36.6 Å². The summed E-state index contributed by atoms with van der Waals surface area (Å²) in [7, 11) is 0. The van der Waals surface area contributed by atoms with Gasteiger partial charge in [-0.1, -0.05) is 42.5 Å². The fraction of sp³-hybridized carbons (Fsp3) is 0.400. The Bertz CT molecular complexity index is 968. The molecule has 31 heavy (non-hydrogen) atoms. The molecule has 0 spiro atoms. The smallest absolute Gasteiger partial charge is 0.191 e. The topological polar surface area (TPSA) is 81.7 Å². The molecule has 0 bridgehead atoms. The maximum Gasteiger partial charge on any atom is 0.191 e. The molecule has 166 valence electrons. The molecule has 4 N–H and O–H groups in total. The Morgan fingerprint density at radius 3 is 2.74 bits per heavy atom. The summed E-state index contributed by atoms with van der Waals surface area (Å²) in [4.78, 5) is 7.86. The van der Waals surface area contributed by atoms with Crippen LogP contribution in [-0.2, 0) is 11.2 Å². The van der Waals surface area contributed by atoms with Gasteiger partial charge in [0, 0.05) is 30.2 Å². The summed E-state index contributed by atoms with van der Waals surface area (Å²) in [5.41, 5.74) is 4.80. The average molecular weight is 423 g/mol. The van der Waals surface area contributed by atoms with Crippen molar-refractivity contribution in [2.24, 2.45) is 4.99 Å². The van der Waals surface area contributed by atoms with Gasteiger partial charge in [-0.25, -0.2) is 0 Å². The number of aryl methyl sites for hydroxylation is 1. The van der Waals surface area contributed by atoms with Crippen molar-refractivity contribution >= 4 is 16.9 Å². The summed E-state index contributed by atoms with van der Waals surface area (Å²) >= 11 is 0. The molecule has 0 amide bonds. The zero-order valence-electron chi connectivity index (χ0n) is 18.7. The van der Waals surface area contributed by atoms with Gasteiger partial charge < -0.3 is 25.5 Å². The highest BCUT2D eigenvalue weighted by Crippen LogP contribution is 2.19. The Labute approximate surface area is 184 Å². The van der Waals surface area contributed by atoms with Crippen molar-refractivity contribution in [1.29, 1.82) is 0 Å². The number of benzene rings is 2. The summed E-state index contributed by atoms with van der Waals surface area (Å²) < 4.78 is 5.80. The van der Waals surface area contributed by atoms with E-state index in [2.05, 4.69) is 51.9 Å². The standard InChI is InChI=1S/C25H34N4O2/c1-4-26-25(27-13-12-21-15-28-24-14-18(2)10-11-23(21)24)29-16-22(30)17-31-19(3)20-8-6-5-7-9-20/h5-11,14-15,19,22,28,30H,4,12-13,16-17H2,1-3H3,(H2,26,27,29). The highest BCUT2D eigenvalue weighted by atomic mass is 16.5. The molecular weight excluding hydrogens is 388 g/mol. The second kappa shape index (κ2) is 11.5. The molecule has 3 aromatic rings. The van der Waals surface area contributed by atoms with Gasteiger partial charge in [-0.2, -0.15) is 0 Å². The largest absolute Gasteiger partial charge is 0.389 e. The Balaban J connectivity index is 1.46. The number of aliphatic imine (C=N–C) groups is 1. The first-order valence-electron chi connectivity index (χ1n) is 11.0. The van der Waals surface area contributed by atoms with Crippen molar-refractivity contribution in [3.63, 3.8) is 0 Å². The zero-order chi connectivity index (χ0) is 22.1. The first kappa shape index (κ1) is 22.8. The second-order valence-corrected chi connectivity index (χ2v) is 7.80. The van der Waals surface area contributed by atoms with Crippen LogP contribution in [0.25, 0.3) is 10.9 Å². The van der Waals surface area contributed by atoms with Crippen molar-refractivity contribution in [2.45, 2.75) is 39.4 Å². The molecule has 2 atom stereocenters. The Morgan fingerprint density at radius 1 is 1.16 bits per heavy atom. The van der Waals surface area contributed by atoms with E-state index in [0.29, 0.717) is 5.96 Å². The van der Waals surface area contributed by atoms with E-state index in [0.717, 1.165) is 25.1 Å². The van der Waals surface area contributed by atoms with Gasteiger partial charge in [0.05, 0.1) is 25.4 Å². The lowest BCUT2D eigenvalue weighted by Gasteiger charge is -2.16. The normalized spacial score (nSPS) is 13.9. The van der Waals surface area contributed by atoms with Crippen molar-refractivity contribution in [1.82, 2.24) is 15.6 Å². The summed E-state index contributed by atoms with van der Waals surface area (Å²) in [6.07, 6.45) is 2.24. The summed E-state index contributed by atoms with van der Waals surface area (Å²) in [5, 5.41) is 18.1. The third-order valence-corrected chi connectivity index (χ3v) is 5.22. The molecule has 6 heteroatoms. The number of aromatic amines is 1. The molecule has 0 aliphatic carbocycles. The van der Waals surface area contributed by atoms with E-state index in [1.54, 1.807) is 0 Å². The van der Waals surface area contributed by atoms with Crippen LogP contribution >= 0.6 is 0 Å². The molecule has 6 nitrogen and oxygen atoms in total. The molecule has 2 unspecified atom stereocenters. The lowest BCUT2D eigenvalue weighted by atomic mass is 10.1. The molecule has 0 radical (unpaired) electrons. The Morgan fingerprint density at radius 2 is 1.97 bits per heavy atom. The van der Waals surface area contributed by atoms with Crippen LogP contribution < -0.4 is 10.6 Å². The number of guanidine groups is 1. The number of aliphatic hydroxyl groups is 1. The number of fused-ring (bicyclic) bond motifs is 1. The van der Waals surface area contributed by atoms with Gasteiger partial charge in [-0.05, 0) is 49.9 Å². The van der Waals surface area contributed by atoms with Crippen LogP contribution in [0.2, 0.25) is 0 Å². The number of ether oxygens (including phenoxy) is 1. The molecule has 1 aromatic heterocycles. The lowest BCUT2D eigenvalue weighted by Crippen LogP contribution is -2.39. The van der Waals surface area contributed by atoms with Gasteiger partial charge in [-0.15, -0.1) is 0 Å². The van der Waals surface area contributed by atoms with Crippen LogP contribution in [0.4, 0.5) is 0 Å². The summed E-state index contributed by atoms with van der Waals surface area (Å²) in [6.45, 7) is 8.16. The molecule has 0 aliphatic rings. The van der Waals surface area contributed by atoms with Crippen LogP contribution in [-0.4, -0.2) is 48.4 Å². The van der Waals surface area contributed by atoms with Gasteiger partial charge >= 0.3 is 0 Å². The van der Waals surface area contributed by atoms with Crippen molar-refractivity contribution in [3.05, 3.63) is 71.4 Å². The number of rotatable bonds is 10. The minimum atomic E-state index is -0.654. The van der Waals surface area contributed by atoms with Gasteiger partial charge in [-0.3, -0.25) is 4.99 Å². The molecule has 3 rings (SSSR count). The van der Waals surface area contributed by atoms with Crippen molar-refractivity contribution < 1.29 is 9.84 Å². The number of nitrogens with one attached hydrogen (secondary N) is 3. The van der Waals surface area contributed by atoms with Crippen molar-refractivity contribution in [2.75, 3.05) is 26.2 Å². The van der Waals surface area contributed by atoms with E-state index in [1.807, 2.05) is 44.2 Å². The number of hydrogen-bond donors (Lipinski definition) is 4. The lowest BCUT2D eigenvalue weighted by molar-refractivity contribution is 0.00112. The van der Waals surface area contributed by atoms with Crippen LogP contribution in [0, 0.1) is 6.92 Å². The molecule has 0 fully saturated rings. The van der Waals surface area contributed by atoms with Gasteiger partial charge in [0.15, 0.2) is 5.96 Å². The maximum absolute atomic E-state index is 10.3. The van der Waals surface area contributed by atoms with Gasteiger partial charge in [0.2, 0.25) is 0 Å². The first-order chi connectivity index (χ1) is 15.1. The number of H-pyrrole nitrogens is 1. The molecule has 1 heterocycles. The Kier molecular flexibility index (Phi) is 8.50. The SMILES string of the molecule is CCNC(=NCC(O)COC(C)c1ccccc1)NCCc1c[nH]c2cc(C)ccc12. The molecule has 2 aromatic carbocycles. The van der Waals surface area contributed by atoms with Gasteiger partial charge in [0.25, 0.3) is 0 Å². The fourth-order valence-corrected chi connectivity index (χ4v) is 3.49. The first-order valence-corrected chi connectivity index (χ1v) is 11.0. The van der Waals surface area contributed by atoms with E-state index >= 15 is 0 Å². The predicted octanol–water partition coefficient (Wildman–Crippen LogP) is 3.71. The van der Waals surface area contributed by atoms with E-state index in [4.69, 9.17) is 4.74 Å². The maximum atomic E-state index is 10.3. The van der Waals surface area contributed by atoms with Crippen LogP contribution in [0.3, 0.4) is 0 Å². The van der Waals surface area contributed by atoms with E-state index in [-0.39, 0.29) is 19.3 Å². The quantitative estimate of drug-likeness (QED) is 0.297. The van der Waals surface area contributed by atoms with Crippen LogP contribution in [0.5, 0.6) is 0 Å². The molecule has 0 saturated heterocycles. The average Bonchev–Trinajstić information content (AvgIpc) is 3.18. The number of aromatic nitrogens is 1. The minimum absolute atomic E-state index is 0.0637. The van der Waals surface area contributed by atoms with Crippen molar-refractivity contribution in [3.8, 4) is 0 Å². The zero-order valence-corrected chi connectivity index (χ0v) is 18.7. The third-order valence-electron chi connectivity index (χ3n) is 5.22. The van der Waals surface area contributed by atoms with E-state index in [9.17, 15) is 5.11 Å². The van der Waals surface area contributed by atoms with Gasteiger partial charge in [0.1, 0.15) is 0 Å². The summed E-state index contributed by atoms with van der Waals surface area (Å²) in [6, 6.07) is 16.5. The molecular formula is C25H34N4O2. The second-order valence-electron chi connectivity index (χ2n) is 7.80. The molecule has 0 aliphatic heterocycles. The van der Waals surface area contributed by atoms with E-state index < -0.39 is 6.10 Å². The minimum Gasteiger partial charge on any atom is -0.389 e. The molecule has 0 saturated carbocycles. The summed E-state index contributed by atoms with van der Waals surface area (Å²) in [5.74, 6) is 0.702. The number of nitrogens with zero attached hydrogens (tertiary/aromatic N) is 1. The van der Waals surface area contributed by atoms with E-state index in [1.165, 1.54) is 22.0 Å². The highest BCUT2D eigenvalue weighted by Gasteiger charge is 2.10. The highest BCUT2D eigenvalue weighted by molar-refractivity contribution is 5.84. The monoisotopic (exact) mass is 422 g/mol. The fourth-order valence-electron chi connectivity index (χ4n) is 3.49. The number of aliphatic hydroxyl groups excluding tert-OH is 1.